The van der Waals surface area contributed by atoms with Gasteiger partial charge in [-0.15, -0.1) is 0 Å². The Kier molecular flexibility index (Phi) is 6.12. The lowest BCUT2D eigenvalue weighted by Gasteiger charge is -2.46. The number of hydrogen-bond acceptors (Lipinski definition) is 5. The lowest BCUT2D eigenvalue weighted by molar-refractivity contribution is -0.120. The van der Waals surface area contributed by atoms with Gasteiger partial charge in [0.05, 0.1) is 17.5 Å². The molecule has 1 saturated heterocycles. The molecule has 3 heterocycles. The number of amides is 1. The molecule has 2 aliphatic heterocycles. The van der Waals surface area contributed by atoms with Crippen molar-refractivity contribution in [2.45, 2.75) is 36.1 Å². The number of piperidine rings is 1. The van der Waals surface area contributed by atoms with Crippen LogP contribution < -0.4 is 10.1 Å². The second kappa shape index (κ2) is 9.19. The van der Waals surface area contributed by atoms with Gasteiger partial charge in [-0.3, -0.25) is 9.36 Å². The van der Waals surface area contributed by atoms with Crippen molar-refractivity contribution < 1.29 is 13.9 Å². The van der Waals surface area contributed by atoms with E-state index >= 15 is 0 Å². The molecule has 1 fully saturated rings. The van der Waals surface area contributed by atoms with Crippen molar-refractivity contribution in [2.75, 3.05) is 25.9 Å². The van der Waals surface area contributed by atoms with Gasteiger partial charge in [0.15, 0.2) is 5.16 Å². The summed E-state index contributed by atoms with van der Waals surface area (Å²) in [4.78, 5) is 19.6. The van der Waals surface area contributed by atoms with Crippen LogP contribution in [0, 0.1) is 5.82 Å². The van der Waals surface area contributed by atoms with Gasteiger partial charge in [-0.2, -0.15) is 0 Å². The number of nitrogens with one attached hydrogen (secondary N) is 1. The maximum absolute atomic E-state index is 13.6. The molecule has 5 rings (SSSR count). The molecule has 1 unspecified atom stereocenters. The Morgan fingerprint density at radius 2 is 2.06 bits per heavy atom. The van der Waals surface area contributed by atoms with Crippen molar-refractivity contribution in [3.8, 4) is 11.4 Å². The van der Waals surface area contributed by atoms with Crippen molar-refractivity contribution in [1.82, 2.24) is 19.8 Å². The maximum Gasteiger partial charge on any atom is 0.230 e. The second-order valence-corrected chi connectivity index (χ2v) is 9.74. The van der Waals surface area contributed by atoms with E-state index in [9.17, 15) is 9.18 Å². The number of halogens is 1. The number of para-hydroxylation sites is 1. The molecule has 1 spiro atoms. The highest BCUT2D eigenvalue weighted by Crippen LogP contribution is 2.44. The number of imidazole rings is 1. The molecule has 2 aromatic carbocycles. The maximum atomic E-state index is 13.6. The van der Waals surface area contributed by atoms with Crippen LogP contribution in [0.5, 0.6) is 5.75 Å². The Morgan fingerprint density at radius 1 is 1.24 bits per heavy atom. The molecular weight excluding hydrogens is 439 g/mol. The van der Waals surface area contributed by atoms with Crippen LogP contribution in [0.25, 0.3) is 5.69 Å². The molecule has 2 aliphatic rings. The summed E-state index contributed by atoms with van der Waals surface area (Å²) >= 11 is 1.34. The third-order valence-corrected chi connectivity index (χ3v) is 7.42. The smallest absolute Gasteiger partial charge is 0.230 e. The van der Waals surface area contributed by atoms with Crippen molar-refractivity contribution in [2.24, 2.45) is 0 Å². The molecule has 6 nitrogen and oxygen atoms in total. The van der Waals surface area contributed by atoms with Gasteiger partial charge >= 0.3 is 0 Å². The minimum atomic E-state index is -0.309. The molecule has 3 aromatic rings. The number of aromatic nitrogens is 2. The van der Waals surface area contributed by atoms with Crippen LogP contribution in [0.4, 0.5) is 4.39 Å². The van der Waals surface area contributed by atoms with Gasteiger partial charge in [-0.25, -0.2) is 9.37 Å². The number of nitrogens with zero attached hydrogens (tertiary/aromatic N) is 3. The second-order valence-electron chi connectivity index (χ2n) is 8.80. The minimum Gasteiger partial charge on any atom is -0.487 e. The SMILES string of the molecule is CN1CCC2(CC1)CC(NC(=O)CSc1nccn1-c1cccc(F)c1)c1ccccc1O2. The highest BCUT2D eigenvalue weighted by atomic mass is 32.2. The molecule has 1 aromatic heterocycles. The van der Waals surface area contributed by atoms with Crippen LogP contribution in [0.15, 0.2) is 66.1 Å². The first-order valence-electron chi connectivity index (χ1n) is 11.2. The Hall–Kier alpha value is -2.84. The number of thioether (sulfide) groups is 1. The normalized spacial score (nSPS) is 19.6. The van der Waals surface area contributed by atoms with Gasteiger partial charge in [-0.05, 0) is 44.2 Å². The van der Waals surface area contributed by atoms with Crippen LogP contribution in [0.2, 0.25) is 0 Å². The van der Waals surface area contributed by atoms with Crippen molar-refractivity contribution in [3.05, 3.63) is 72.3 Å². The van der Waals surface area contributed by atoms with Gasteiger partial charge in [-0.1, -0.05) is 36.0 Å². The van der Waals surface area contributed by atoms with Crippen LogP contribution in [-0.2, 0) is 4.79 Å². The van der Waals surface area contributed by atoms with Gasteiger partial charge in [0, 0.05) is 37.5 Å². The first-order chi connectivity index (χ1) is 16.0. The number of rotatable bonds is 5. The Balaban J connectivity index is 1.28. The predicted molar refractivity (Wildman–Crippen MR) is 126 cm³/mol. The first-order valence-corrected chi connectivity index (χ1v) is 12.2. The summed E-state index contributed by atoms with van der Waals surface area (Å²) in [6.45, 7) is 1.98. The zero-order valence-corrected chi connectivity index (χ0v) is 19.4. The summed E-state index contributed by atoms with van der Waals surface area (Å²) in [6, 6.07) is 14.2. The van der Waals surface area contributed by atoms with Gasteiger partial charge in [0.25, 0.3) is 0 Å². The number of likely N-dealkylation sites (tertiary alicyclic amines) is 1. The molecule has 0 aliphatic carbocycles. The number of ether oxygens (including phenoxy) is 1. The number of benzene rings is 2. The number of carbonyl (C=O) groups is 1. The fourth-order valence-electron chi connectivity index (χ4n) is 4.66. The van der Waals surface area contributed by atoms with E-state index in [-0.39, 0.29) is 29.1 Å². The minimum absolute atomic E-state index is 0.0569. The van der Waals surface area contributed by atoms with E-state index in [1.165, 1.54) is 23.9 Å². The largest absolute Gasteiger partial charge is 0.487 e. The standard InChI is InChI=1S/C25H27FN4O2S/c1-29-12-9-25(10-13-29)16-21(20-7-2-3-8-22(20)32-25)28-23(31)17-33-24-27-11-14-30(24)19-6-4-5-18(26)15-19/h2-8,11,14-15,21H,9-10,12-13,16-17H2,1H3,(H,28,31). The van der Waals surface area contributed by atoms with E-state index < -0.39 is 0 Å². The van der Waals surface area contributed by atoms with Gasteiger partial charge < -0.3 is 15.0 Å². The lowest BCUT2D eigenvalue weighted by atomic mass is 9.80. The van der Waals surface area contributed by atoms with E-state index in [2.05, 4.69) is 22.2 Å². The Morgan fingerprint density at radius 3 is 2.88 bits per heavy atom. The summed E-state index contributed by atoms with van der Waals surface area (Å²) in [6.07, 6.45) is 6.09. The molecule has 0 bridgehead atoms. The fourth-order valence-corrected chi connectivity index (χ4v) is 5.45. The highest BCUT2D eigenvalue weighted by Gasteiger charge is 2.43. The zero-order chi connectivity index (χ0) is 22.8. The van der Waals surface area contributed by atoms with Crippen LogP contribution in [-0.4, -0.2) is 51.8 Å². The van der Waals surface area contributed by atoms with Gasteiger partial charge in [0.1, 0.15) is 17.2 Å². The van der Waals surface area contributed by atoms with Crippen LogP contribution in [0.3, 0.4) is 0 Å². The number of hydrogen-bond donors (Lipinski definition) is 1. The number of carbonyl (C=O) groups excluding carboxylic acids is 1. The van der Waals surface area contributed by atoms with Crippen molar-refractivity contribution in [3.63, 3.8) is 0 Å². The van der Waals surface area contributed by atoms with E-state index in [1.54, 1.807) is 23.0 Å². The zero-order valence-electron chi connectivity index (χ0n) is 18.5. The molecule has 8 heteroatoms. The van der Waals surface area contributed by atoms with Crippen molar-refractivity contribution >= 4 is 17.7 Å². The van der Waals surface area contributed by atoms with E-state index in [1.807, 2.05) is 30.3 Å². The third kappa shape index (κ3) is 4.77. The van der Waals surface area contributed by atoms with E-state index in [4.69, 9.17) is 4.74 Å². The Bertz CT molecular complexity index is 1140. The lowest BCUT2D eigenvalue weighted by Crippen LogP contribution is -2.51. The molecule has 33 heavy (non-hydrogen) atoms. The molecule has 0 radical (unpaired) electrons. The first kappa shape index (κ1) is 22.0. The Labute approximate surface area is 197 Å². The molecule has 1 atom stereocenters. The molecule has 172 valence electrons. The van der Waals surface area contributed by atoms with Gasteiger partial charge in [0.2, 0.25) is 5.91 Å². The quantitative estimate of drug-likeness (QED) is 0.571. The molecule has 1 amide bonds. The van der Waals surface area contributed by atoms with Crippen molar-refractivity contribution in [1.29, 1.82) is 0 Å². The molecular formula is C25H27FN4O2S. The topological polar surface area (TPSA) is 59.4 Å². The summed E-state index contributed by atoms with van der Waals surface area (Å²) < 4.78 is 21.9. The summed E-state index contributed by atoms with van der Waals surface area (Å²) in [5.74, 6) is 0.726. The highest BCUT2D eigenvalue weighted by molar-refractivity contribution is 7.99. The molecule has 0 saturated carbocycles. The summed E-state index contributed by atoms with van der Waals surface area (Å²) in [7, 11) is 2.13. The average molecular weight is 467 g/mol. The fraction of sp³-hybridized carbons (Fsp3) is 0.360. The number of fused-ring (bicyclic) bond motifs is 1. The summed E-state index contributed by atoms with van der Waals surface area (Å²) in [5.41, 5.74) is 1.47. The monoisotopic (exact) mass is 466 g/mol. The molecule has 1 N–H and O–H groups in total. The predicted octanol–water partition coefficient (Wildman–Crippen LogP) is 4.21. The van der Waals surface area contributed by atoms with Crippen LogP contribution >= 0.6 is 11.8 Å². The van der Waals surface area contributed by atoms with E-state index in [0.29, 0.717) is 10.8 Å². The van der Waals surface area contributed by atoms with Crippen LogP contribution in [0.1, 0.15) is 30.9 Å². The average Bonchev–Trinajstić information content (AvgIpc) is 3.29. The third-order valence-electron chi connectivity index (χ3n) is 6.46. The van der Waals surface area contributed by atoms with E-state index in [0.717, 1.165) is 43.7 Å². The summed E-state index contributed by atoms with van der Waals surface area (Å²) in [5, 5.41) is 3.89.